The number of ether oxygens (including phenoxy) is 1. The molecule has 0 radical (unpaired) electrons. The molecule has 1 aromatic heterocycles. The van der Waals surface area contributed by atoms with Gasteiger partial charge < -0.3 is 31.5 Å². The molecule has 4 rings (SSSR count). The van der Waals surface area contributed by atoms with Crippen LogP contribution in [0.25, 0.3) is 0 Å². The molecule has 0 aliphatic heterocycles. The van der Waals surface area contributed by atoms with E-state index in [1.807, 2.05) is 26.0 Å². The van der Waals surface area contributed by atoms with Crippen LogP contribution in [0.15, 0.2) is 60.7 Å². The Morgan fingerprint density at radius 2 is 1.70 bits per heavy atom. The SMILES string of the molecule is COc1cccc(C(=O)Nc2ccc(Nc3[nH]nc(NCc4cc(C)c(O)c(C)c4)c3C(N)=O)cc2)c1. The molecule has 0 bridgehead atoms. The number of rotatable bonds is 9. The number of phenolic OH excluding ortho intramolecular Hbond substituents is 1. The van der Waals surface area contributed by atoms with E-state index >= 15 is 0 Å². The lowest BCUT2D eigenvalue weighted by atomic mass is 10.1. The van der Waals surface area contributed by atoms with Crippen molar-refractivity contribution in [2.45, 2.75) is 20.4 Å². The minimum atomic E-state index is -0.654. The van der Waals surface area contributed by atoms with Gasteiger partial charge in [0.2, 0.25) is 0 Å². The van der Waals surface area contributed by atoms with Crippen LogP contribution in [0.5, 0.6) is 11.5 Å². The van der Waals surface area contributed by atoms with Crippen LogP contribution >= 0.6 is 0 Å². The normalized spacial score (nSPS) is 10.6. The van der Waals surface area contributed by atoms with E-state index in [-0.39, 0.29) is 17.2 Å². The number of amides is 2. The molecule has 1 heterocycles. The number of phenols is 1. The van der Waals surface area contributed by atoms with Crippen LogP contribution in [0, 0.1) is 13.8 Å². The van der Waals surface area contributed by atoms with Gasteiger partial charge >= 0.3 is 0 Å². The van der Waals surface area contributed by atoms with Crippen molar-refractivity contribution < 1.29 is 19.4 Å². The van der Waals surface area contributed by atoms with E-state index in [0.717, 1.165) is 16.7 Å². The van der Waals surface area contributed by atoms with Crippen LogP contribution in [0.2, 0.25) is 0 Å². The lowest BCUT2D eigenvalue weighted by molar-refractivity contribution is 0.0999. The Morgan fingerprint density at radius 1 is 1.03 bits per heavy atom. The number of hydrogen-bond acceptors (Lipinski definition) is 7. The molecule has 7 N–H and O–H groups in total. The first kappa shape index (κ1) is 25.1. The van der Waals surface area contributed by atoms with Gasteiger partial charge in [0.15, 0.2) is 5.82 Å². The summed E-state index contributed by atoms with van der Waals surface area (Å²) in [6, 6.07) is 17.6. The van der Waals surface area contributed by atoms with E-state index in [1.165, 1.54) is 0 Å². The summed E-state index contributed by atoms with van der Waals surface area (Å²) in [5.41, 5.74) is 10.00. The van der Waals surface area contributed by atoms with Gasteiger partial charge in [-0.2, -0.15) is 5.10 Å². The number of hydrogen-bond donors (Lipinski definition) is 6. The van der Waals surface area contributed by atoms with E-state index in [4.69, 9.17) is 10.5 Å². The Labute approximate surface area is 213 Å². The number of nitrogens with two attached hydrogens (primary N) is 1. The molecule has 0 unspecified atom stereocenters. The molecule has 190 valence electrons. The van der Waals surface area contributed by atoms with Crippen molar-refractivity contribution in [3.05, 3.63) is 88.5 Å². The number of nitrogens with zero attached hydrogens (tertiary/aromatic N) is 1. The summed E-state index contributed by atoms with van der Waals surface area (Å²) in [6.45, 7) is 4.04. The second-order valence-electron chi connectivity index (χ2n) is 8.51. The van der Waals surface area contributed by atoms with Gasteiger partial charge in [-0.25, -0.2) is 0 Å². The Bertz CT molecular complexity index is 1420. The summed E-state index contributed by atoms with van der Waals surface area (Å²) in [7, 11) is 1.54. The second kappa shape index (κ2) is 10.7. The lowest BCUT2D eigenvalue weighted by Crippen LogP contribution is -2.15. The van der Waals surface area contributed by atoms with E-state index < -0.39 is 5.91 Å². The van der Waals surface area contributed by atoms with Gasteiger partial charge in [-0.1, -0.05) is 18.2 Å². The first-order chi connectivity index (χ1) is 17.7. The molecule has 0 aliphatic carbocycles. The molecule has 0 spiro atoms. The summed E-state index contributed by atoms with van der Waals surface area (Å²) in [4.78, 5) is 24.7. The van der Waals surface area contributed by atoms with Crippen LogP contribution in [0.3, 0.4) is 0 Å². The van der Waals surface area contributed by atoms with Crippen LogP contribution in [-0.2, 0) is 6.54 Å². The number of primary amides is 1. The average molecular weight is 501 g/mol. The third-order valence-electron chi connectivity index (χ3n) is 5.77. The maximum atomic E-state index is 12.5. The quantitative estimate of drug-likeness (QED) is 0.198. The Morgan fingerprint density at radius 3 is 2.35 bits per heavy atom. The molecule has 2 amide bonds. The molecule has 0 saturated carbocycles. The number of aryl methyl sites for hydroxylation is 2. The number of aromatic amines is 1. The summed E-state index contributed by atoms with van der Waals surface area (Å²) in [5, 5.41) is 26.0. The fraction of sp³-hybridized carbons (Fsp3) is 0.148. The highest BCUT2D eigenvalue weighted by molar-refractivity contribution is 6.05. The number of nitrogens with one attached hydrogen (secondary N) is 4. The van der Waals surface area contributed by atoms with E-state index in [1.54, 1.807) is 55.6 Å². The van der Waals surface area contributed by atoms with Crippen LogP contribution < -0.4 is 26.4 Å². The number of anilines is 4. The highest BCUT2D eigenvalue weighted by Gasteiger charge is 2.19. The number of aromatic nitrogens is 2. The summed E-state index contributed by atoms with van der Waals surface area (Å²) in [6.07, 6.45) is 0. The Balaban J connectivity index is 1.44. The number of carbonyl (C=O) groups is 2. The van der Waals surface area contributed by atoms with Crippen molar-refractivity contribution in [3.63, 3.8) is 0 Å². The Kier molecular flexibility index (Phi) is 7.28. The highest BCUT2D eigenvalue weighted by Crippen LogP contribution is 2.27. The van der Waals surface area contributed by atoms with Gasteiger partial charge in [0.05, 0.1) is 7.11 Å². The van der Waals surface area contributed by atoms with Crippen LogP contribution in [-0.4, -0.2) is 34.2 Å². The number of benzene rings is 3. The molecule has 3 aromatic carbocycles. The van der Waals surface area contributed by atoms with Gasteiger partial charge in [0, 0.05) is 23.5 Å². The van der Waals surface area contributed by atoms with E-state index in [2.05, 4.69) is 26.1 Å². The van der Waals surface area contributed by atoms with Gasteiger partial charge in [-0.15, -0.1) is 0 Å². The lowest BCUT2D eigenvalue weighted by Gasteiger charge is -2.10. The van der Waals surface area contributed by atoms with Gasteiger partial charge in [0.1, 0.15) is 22.9 Å². The predicted octanol–water partition coefficient (Wildman–Crippen LogP) is 4.45. The first-order valence-electron chi connectivity index (χ1n) is 11.5. The maximum Gasteiger partial charge on any atom is 0.256 e. The summed E-state index contributed by atoms with van der Waals surface area (Å²) >= 11 is 0. The van der Waals surface area contributed by atoms with Gasteiger partial charge in [-0.05, 0) is 73.0 Å². The minimum absolute atomic E-state index is 0.183. The molecular formula is C27H28N6O4. The second-order valence-corrected chi connectivity index (χ2v) is 8.51. The van der Waals surface area contributed by atoms with Crippen molar-refractivity contribution in [2.75, 3.05) is 23.1 Å². The van der Waals surface area contributed by atoms with Crippen molar-refractivity contribution in [2.24, 2.45) is 5.73 Å². The van der Waals surface area contributed by atoms with E-state index in [0.29, 0.717) is 40.9 Å². The molecule has 0 atom stereocenters. The third kappa shape index (κ3) is 5.81. The zero-order valence-electron chi connectivity index (χ0n) is 20.7. The predicted molar refractivity (Wildman–Crippen MR) is 143 cm³/mol. The van der Waals surface area contributed by atoms with Gasteiger partial charge in [0.25, 0.3) is 11.8 Å². The van der Waals surface area contributed by atoms with Crippen molar-refractivity contribution >= 4 is 34.8 Å². The van der Waals surface area contributed by atoms with Gasteiger partial charge in [-0.3, -0.25) is 14.7 Å². The van der Waals surface area contributed by atoms with Crippen molar-refractivity contribution in [3.8, 4) is 11.5 Å². The largest absolute Gasteiger partial charge is 0.507 e. The monoisotopic (exact) mass is 500 g/mol. The topological polar surface area (TPSA) is 154 Å². The first-order valence-corrected chi connectivity index (χ1v) is 11.5. The van der Waals surface area contributed by atoms with Crippen LogP contribution in [0.4, 0.5) is 23.0 Å². The highest BCUT2D eigenvalue weighted by atomic mass is 16.5. The molecule has 0 fully saturated rings. The van der Waals surface area contributed by atoms with Crippen LogP contribution in [0.1, 0.15) is 37.4 Å². The molecule has 0 saturated heterocycles. The smallest absolute Gasteiger partial charge is 0.256 e. The zero-order chi connectivity index (χ0) is 26.5. The minimum Gasteiger partial charge on any atom is -0.507 e. The zero-order valence-corrected chi connectivity index (χ0v) is 20.7. The summed E-state index contributed by atoms with van der Waals surface area (Å²) < 4.78 is 5.16. The van der Waals surface area contributed by atoms with Crippen molar-refractivity contribution in [1.29, 1.82) is 0 Å². The maximum absolute atomic E-state index is 12.5. The molecule has 0 aliphatic rings. The molecular weight excluding hydrogens is 472 g/mol. The standard InChI is InChI=1S/C27H28N6O4/c1-15-11-17(12-16(2)23(15)34)14-29-25-22(24(28)35)26(33-32-25)30-19-7-9-20(10-8-19)31-27(36)18-5-4-6-21(13-18)37-3/h4-13,34H,14H2,1-3H3,(H2,28,35)(H,31,36)(H3,29,30,32,33). The number of H-pyrrole nitrogens is 1. The number of carbonyl (C=O) groups excluding carboxylic acids is 2. The van der Waals surface area contributed by atoms with E-state index in [9.17, 15) is 14.7 Å². The Hall–Kier alpha value is -4.99. The molecule has 10 nitrogen and oxygen atoms in total. The number of aromatic hydroxyl groups is 1. The van der Waals surface area contributed by atoms with Crippen molar-refractivity contribution in [1.82, 2.24) is 10.2 Å². The molecule has 37 heavy (non-hydrogen) atoms. The fourth-order valence-electron chi connectivity index (χ4n) is 3.88. The average Bonchev–Trinajstić information content (AvgIpc) is 3.29. The number of methoxy groups -OCH3 is 1. The molecule has 10 heteroatoms. The summed E-state index contributed by atoms with van der Waals surface area (Å²) in [5.74, 6) is 0.581. The molecule has 4 aromatic rings. The fourth-order valence-corrected chi connectivity index (χ4v) is 3.88. The third-order valence-corrected chi connectivity index (χ3v) is 5.77.